The molecule has 0 bridgehead atoms. The highest BCUT2D eigenvalue weighted by Crippen LogP contribution is 2.27. The van der Waals surface area contributed by atoms with Crippen molar-refractivity contribution in [3.05, 3.63) is 29.8 Å². The van der Waals surface area contributed by atoms with Gasteiger partial charge < -0.3 is 15.7 Å². The van der Waals surface area contributed by atoms with E-state index < -0.39 is 11.9 Å². The molecular weight excluding hydrogens is 328 g/mol. The number of carboxylic acids is 1. The van der Waals surface area contributed by atoms with Crippen LogP contribution >= 0.6 is 11.8 Å². The molecule has 1 heterocycles. The van der Waals surface area contributed by atoms with Crippen LogP contribution in [0.25, 0.3) is 0 Å². The number of nitrogens with zero attached hydrogens (tertiary/aromatic N) is 1. The van der Waals surface area contributed by atoms with Crippen LogP contribution in [-0.2, 0) is 9.59 Å². The first kappa shape index (κ1) is 18.3. The van der Waals surface area contributed by atoms with Gasteiger partial charge in [0.2, 0.25) is 5.91 Å². The third-order valence-corrected chi connectivity index (χ3v) is 5.16. The van der Waals surface area contributed by atoms with Crippen LogP contribution in [0.4, 0.5) is 0 Å². The van der Waals surface area contributed by atoms with Crippen molar-refractivity contribution in [2.24, 2.45) is 11.7 Å². The maximum Gasteiger partial charge on any atom is 0.303 e. The van der Waals surface area contributed by atoms with Gasteiger partial charge in [-0.15, -0.1) is 11.8 Å². The summed E-state index contributed by atoms with van der Waals surface area (Å²) in [5, 5.41) is 8.82. The second-order valence-corrected chi connectivity index (χ2v) is 6.96. The normalized spacial score (nSPS) is 17.5. The van der Waals surface area contributed by atoms with E-state index in [1.165, 1.54) is 11.8 Å². The van der Waals surface area contributed by atoms with Gasteiger partial charge in [-0.3, -0.25) is 14.4 Å². The van der Waals surface area contributed by atoms with Crippen molar-refractivity contribution in [2.45, 2.75) is 30.6 Å². The molecule has 0 saturated carbocycles. The third kappa shape index (κ3) is 5.26. The Morgan fingerprint density at radius 1 is 1.29 bits per heavy atom. The van der Waals surface area contributed by atoms with Crippen molar-refractivity contribution in [1.82, 2.24) is 4.90 Å². The average molecular weight is 350 g/mol. The number of benzene rings is 1. The lowest BCUT2D eigenvalue weighted by Gasteiger charge is -2.33. The molecule has 1 fully saturated rings. The maximum atomic E-state index is 12.8. The minimum absolute atomic E-state index is 0.0670. The van der Waals surface area contributed by atoms with Gasteiger partial charge in [0.25, 0.3) is 5.91 Å². The van der Waals surface area contributed by atoms with E-state index in [2.05, 4.69) is 0 Å². The molecule has 6 nitrogen and oxygen atoms in total. The van der Waals surface area contributed by atoms with Crippen molar-refractivity contribution in [3.8, 4) is 0 Å². The lowest BCUT2D eigenvalue weighted by molar-refractivity contribution is -0.137. The van der Waals surface area contributed by atoms with Crippen LogP contribution in [0.3, 0.4) is 0 Å². The van der Waals surface area contributed by atoms with Gasteiger partial charge in [0.15, 0.2) is 0 Å². The fraction of sp³-hybridized carbons (Fsp3) is 0.471. The molecule has 1 atom stereocenters. The highest BCUT2D eigenvalue weighted by Gasteiger charge is 2.26. The van der Waals surface area contributed by atoms with Crippen LogP contribution < -0.4 is 5.73 Å². The van der Waals surface area contributed by atoms with Crippen molar-refractivity contribution >= 4 is 29.5 Å². The number of thioether (sulfide) groups is 1. The second-order valence-electron chi connectivity index (χ2n) is 5.94. The SMILES string of the molecule is NC(=O)CSc1ccccc1C(=O)N1CCCC(CCC(=O)O)C1. The molecule has 2 amide bonds. The van der Waals surface area contributed by atoms with Crippen molar-refractivity contribution in [2.75, 3.05) is 18.8 Å². The minimum Gasteiger partial charge on any atom is -0.481 e. The third-order valence-electron chi connectivity index (χ3n) is 4.06. The summed E-state index contributed by atoms with van der Waals surface area (Å²) in [7, 11) is 0. The summed E-state index contributed by atoms with van der Waals surface area (Å²) in [5.41, 5.74) is 5.75. The number of aliphatic carboxylic acids is 1. The molecule has 2 rings (SSSR count). The Labute approximate surface area is 145 Å². The largest absolute Gasteiger partial charge is 0.481 e. The number of carbonyl (C=O) groups excluding carboxylic acids is 2. The number of rotatable bonds is 7. The molecular formula is C17H22N2O4S. The Kier molecular flexibility index (Phi) is 6.66. The Bertz CT molecular complexity index is 620. The molecule has 0 aromatic heterocycles. The Balaban J connectivity index is 2.05. The molecule has 0 radical (unpaired) electrons. The number of amides is 2. The number of primary amides is 1. The standard InChI is InChI=1S/C17H22N2O4S/c18-15(20)11-24-14-6-2-1-5-13(14)17(23)19-9-3-4-12(10-19)7-8-16(21)22/h1-2,5-6,12H,3-4,7-11H2,(H2,18,20)(H,21,22). The fourth-order valence-electron chi connectivity index (χ4n) is 2.90. The number of carboxylic acid groups (broad SMARTS) is 1. The molecule has 1 aliphatic heterocycles. The smallest absolute Gasteiger partial charge is 0.303 e. The molecule has 7 heteroatoms. The fourth-order valence-corrected chi connectivity index (χ4v) is 3.68. The lowest BCUT2D eigenvalue weighted by Crippen LogP contribution is -2.40. The zero-order valence-electron chi connectivity index (χ0n) is 13.4. The summed E-state index contributed by atoms with van der Waals surface area (Å²) >= 11 is 1.26. The van der Waals surface area contributed by atoms with Gasteiger partial charge in [-0.2, -0.15) is 0 Å². The van der Waals surface area contributed by atoms with Gasteiger partial charge in [0.05, 0.1) is 11.3 Å². The summed E-state index contributed by atoms with van der Waals surface area (Å²) in [5.74, 6) is -0.932. The monoisotopic (exact) mass is 350 g/mol. The van der Waals surface area contributed by atoms with Crippen molar-refractivity contribution < 1.29 is 19.5 Å². The van der Waals surface area contributed by atoms with E-state index in [1.54, 1.807) is 17.0 Å². The average Bonchev–Trinajstić information content (AvgIpc) is 2.58. The summed E-state index contributed by atoms with van der Waals surface area (Å²) in [6, 6.07) is 7.19. The Morgan fingerprint density at radius 2 is 2.04 bits per heavy atom. The predicted octanol–water partition coefficient (Wildman–Crippen LogP) is 1.98. The summed E-state index contributed by atoms with van der Waals surface area (Å²) < 4.78 is 0. The highest BCUT2D eigenvalue weighted by molar-refractivity contribution is 8.00. The number of nitrogens with two attached hydrogens (primary N) is 1. The van der Waals surface area contributed by atoms with E-state index in [0.29, 0.717) is 25.1 Å². The number of hydrogen-bond donors (Lipinski definition) is 2. The van der Waals surface area contributed by atoms with Gasteiger partial charge in [0.1, 0.15) is 0 Å². The zero-order chi connectivity index (χ0) is 17.5. The first-order chi connectivity index (χ1) is 11.5. The van der Waals surface area contributed by atoms with E-state index in [9.17, 15) is 14.4 Å². The van der Waals surface area contributed by atoms with Crippen LogP contribution in [0.15, 0.2) is 29.2 Å². The van der Waals surface area contributed by atoms with Gasteiger partial charge in [-0.05, 0) is 37.3 Å². The lowest BCUT2D eigenvalue weighted by atomic mass is 9.93. The highest BCUT2D eigenvalue weighted by atomic mass is 32.2. The van der Waals surface area contributed by atoms with E-state index in [-0.39, 0.29) is 24.0 Å². The molecule has 3 N–H and O–H groups in total. The van der Waals surface area contributed by atoms with Gasteiger partial charge in [-0.25, -0.2) is 0 Å². The Morgan fingerprint density at radius 3 is 2.75 bits per heavy atom. The quantitative estimate of drug-likeness (QED) is 0.732. The van der Waals surface area contributed by atoms with Crippen LogP contribution in [0.2, 0.25) is 0 Å². The molecule has 1 unspecified atom stereocenters. The molecule has 24 heavy (non-hydrogen) atoms. The van der Waals surface area contributed by atoms with Gasteiger partial charge in [-0.1, -0.05) is 12.1 Å². The molecule has 0 spiro atoms. The van der Waals surface area contributed by atoms with Crippen LogP contribution in [0, 0.1) is 5.92 Å². The second kappa shape index (κ2) is 8.73. The maximum absolute atomic E-state index is 12.8. The first-order valence-corrected chi connectivity index (χ1v) is 8.97. The van der Waals surface area contributed by atoms with Gasteiger partial charge >= 0.3 is 5.97 Å². The Hall–Kier alpha value is -2.02. The molecule has 1 aromatic carbocycles. The zero-order valence-corrected chi connectivity index (χ0v) is 14.3. The van der Waals surface area contributed by atoms with E-state index in [0.717, 1.165) is 17.7 Å². The molecule has 1 aliphatic rings. The van der Waals surface area contributed by atoms with E-state index >= 15 is 0 Å². The molecule has 1 saturated heterocycles. The van der Waals surface area contributed by atoms with Crippen LogP contribution in [0.5, 0.6) is 0 Å². The van der Waals surface area contributed by atoms with Crippen molar-refractivity contribution in [3.63, 3.8) is 0 Å². The van der Waals surface area contributed by atoms with Crippen LogP contribution in [-0.4, -0.2) is 46.6 Å². The molecule has 130 valence electrons. The number of piperidine rings is 1. The van der Waals surface area contributed by atoms with Gasteiger partial charge in [0, 0.05) is 24.4 Å². The minimum atomic E-state index is -0.799. The predicted molar refractivity (Wildman–Crippen MR) is 91.9 cm³/mol. The summed E-state index contributed by atoms with van der Waals surface area (Å²) in [6.45, 7) is 1.26. The molecule has 1 aromatic rings. The number of hydrogen-bond acceptors (Lipinski definition) is 4. The summed E-state index contributed by atoms with van der Waals surface area (Å²) in [4.78, 5) is 37.1. The number of carbonyl (C=O) groups is 3. The van der Waals surface area contributed by atoms with Crippen molar-refractivity contribution in [1.29, 1.82) is 0 Å². The van der Waals surface area contributed by atoms with E-state index in [1.807, 2.05) is 12.1 Å². The number of likely N-dealkylation sites (tertiary alicyclic amines) is 1. The van der Waals surface area contributed by atoms with E-state index in [4.69, 9.17) is 10.8 Å². The topological polar surface area (TPSA) is 101 Å². The van der Waals surface area contributed by atoms with Crippen LogP contribution in [0.1, 0.15) is 36.0 Å². The first-order valence-electron chi connectivity index (χ1n) is 7.98. The summed E-state index contributed by atoms with van der Waals surface area (Å²) in [6.07, 6.45) is 2.57. The molecule has 0 aliphatic carbocycles.